The highest BCUT2D eigenvalue weighted by atomic mass is 32.1. The van der Waals surface area contributed by atoms with E-state index in [0.717, 1.165) is 36.1 Å². The first kappa shape index (κ1) is 21.7. The van der Waals surface area contributed by atoms with Gasteiger partial charge in [-0.3, -0.25) is 9.59 Å². The SMILES string of the molecule is COc1ccc(CCN(Cc2cccs2)C(=O)CN(C(=O)C2CC2)C2CC2)cc1OC. The zero-order valence-corrected chi connectivity index (χ0v) is 19.0. The van der Waals surface area contributed by atoms with Crippen LogP contribution >= 0.6 is 11.3 Å². The van der Waals surface area contributed by atoms with Crippen LogP contribution in [0.4, 0.5) is 0 Å². The van der Waals surface area contributed by atoms with E-state index in [1.165, 1.54) is 0 Å². The topological polar surface area (TPSA) is 59.1 Å². The van der Waals surface area contributed by atoms with Gasteiger partial charge in [-0.1, -0.05) is 12.1 Å². The second-order valence-corrected chi connectivity index (χ2v) is 9.34. The molecule has 31 heavy (non-hydrogen) atoms. The van der Waals surface area contributed by atoms with Crippen LogP contribution in [0.25, 0.3) is 0 Å². The van der Waals surface area contributed by atoms with Gasteiger partial charge in [0.15, 0.2) is 11.5 Å². The lowest BCUT2D eigenvalue weighted by molar-refractivity contribution is -0.142. The Morgan fingerprint density at radius 2 is 1.84 bits per heavy atom. The lowest BCUT2D eigenvalue weighted by atomic mass is 10.1. The normalized spacial score (nSPS) is 15.4. The number of nitrogens with zero attached hydrogens (tertiary/aromatic N) is 2. The van der Waals surface area contributed by atoms with Crippen LogP contribution in [0.1, 0.15) is 36.1 Å². The number of hydrogen-bond donors (Lipinski definition) is 0. The molecule has 0 spiro atoms. The van der Waals surface area contributed by atoms with Crippen molar-refractivity contribution >= 4 is 23.2 Å². The number of carbonyl (C=O) groups excluding carboxylic acids is 2. The zero-order valence-electron chi connectivity index (χ0n) is 18.2. The first-order valence-corrected chi connectivity index (χ1v) is 11.8. The van der Waals surface area contributed by atoms with Crippen LogP contribution in [-0.4, -0.2) is 55.0 Å². The third-order valence-electron chi connectivity index (χ3n) is 5.90. The number of thiophene rings is 1. The minimum absolute atomic E-state index is 0.0229. The van der Waals surface area contributed by atoms with Crippen LogP contribution in [0.15, 0.2) is 35.7 Å². The standard InChI is InChI=1S/C24H30N2O4S/c1-29-21-10-5-17(14-22(21)30-2)11-12-25(15-20-4-3-13-31-20)23(27)16-26(19-8-9-19)24(28)18-6-7-18/h3-5,10,13-14,18-19H,6-9,11-12,15-16H2,1-2H3. The first-order valence-electron chi connectivity index (χ1n) is 10.9. The second kappa shape index (κ2) is 9.73. The van der Waals surface area contributed by atoms with Crippen molar-refractivity contribution in [3.8, 4) is 11.5 Å². The van der Waals surface area contributed by atoms with E-state index in [9.17, 15) is 9.59 Å². The van der Waals surface area contributed by atoms with Crippen molar-refractivity contribution in [2.75, 3.05) is 27.3 Å². The predicted octanol–water partition coefficient (Wildman–Crippen LogP) is 3.74. The average Bonchev–Trinajstić information content (AvgIpc) is 3.72. The molecule has 2 amide bonds. The summed E-state index contributed by atoms with van der Waals surface area (Å²) in [5.74, 6) is 1.72. The Morgan fingerprint density at radius 3 is 2.45 bits per heavy atom. The summed E-state index contributed by atoms with van der Waals surface area (Å²) in [5.41, 5.74) is 1.08. The molecule has 0 N–H and O–H groups in total. The van der Waals surface area contributed by atoms with Gasteiger partial charge in [0.2, 0.25) is 11.8 Å². The Morgan fingerprint density at radius 1 is 1.06 bits per heavy atom. The molecule has 1 aromatic carbocycles. The number of methoxy groups -OCH3 is 2. The molecular weight excluding hydrogens is 412 g/mol. The highest BCUT2D eigenvalue weighted by Gasteiger charge is 2.41. The highest BCUT2D eigenvalue weighted by molar-refractivity contribution is 7.09. The van der Waals surface area contributed by atoms with Crippen molar-refractivity contribution in [1.82, 2.24) is 9.80 Å². The predicted molar refractivity (Wildman–Crippen MR) is 120 cm³/mol. The summed E-state index contributed by atoms with van der Waals surface area (Å²) in [4.78, 5) is 30.9. The van der Waals surface area contributed by atoms with Crippen molar-refractivity contribution in [3.05, 3.63) is 46.2 Å². The van der Waals surface area contributed by atoms with E-state index < -0.39 is 0 Å². The molecule has 1 aromatic heterocycles. The molecule has 6 nitrogen and oxygen atoms in total. The molecule has 166 valence electrons. The van der Waals surface area contributed by atoms with Crippen molar-refractivity contribution in [2.45, 2.75) is 44.7 Å². The number of benzene rings is 1. The van der Waals surface area contributed by atoms with Gasteiger partial charge in [0.25, 0.3) is 0 Å². The number of amides is 2. The van der Waals surface area contributed by atoms with Crippen molar-refractivity contribution in [1.29, 1.82) is 0 Å². The Balaban J connectivity index is 1.44. The fourth-order valence-corrected chi connectivity index (χ4v) is 4.49. The maximum Gasteiger partial charge on any atom is 0.242 e. The molecule has 0 bridgehead atoms. The molecule has 2 fully saturated rings. The average molecular weight is 443 g/mol. The third kappa shape index (κ3) is 5.58. The van der Waals surface area contributed by atoms with Gasteiger partial charge < -0.3 is 19.3 Å². The van der Waals surface area contributed by atoms with E-state index in [1.54, 1.807) is 25.6 Å². The summed E-state index contributed by atoms with van der Waals surface area (Å²) in [7, 11) is 3.24. The number of carbonyl (C=O) groups is 2. The minimum atomic E-state index is 0.0229. The molecule has 0 saturated heterocycles. The summed E-state index contributed by atoms with van der Waals surface area (Å²) in [5, 5.41) is 2.03. The highest BCUT2D eigenvalue weighted by Crippen LogP contribution is 2.36. The fraction of sp³-hybridized carbons (Fsp3) is 0.500. The largest absolute Gasteiger partial charge is 0.493 e. The monoisotopic (exact) mass is 442 g/mol. The van der Waals surface area contributed by atoms with Crippen LogP contribution in [0, 0.1) is 5.92 Å². The molecule has 2 aromatic rings. The molecular formula is C24H30N2O4S. The second-order valence-electron chi connectivity index (χ2n) is 8.31. The molecule has 0 atom stereocenters. The van der Waals surface area contributed by atoms with E-state index in [0.29, 0.717) is 31.0 Å². The van der Waals surface area contributed by atoms with E-state index in [2.05, 4.69) is 6.07 Å². The summed E-state index contributed by atoms with van der Waals surface area (Å²) in [6.07, 6.45) is 4.67. The third-order valence-corrected chi connectivity index (χ3v) is 6.76. The van der Waals surface area contributed by atoms with E-state index in [4.69, 9.17) is 9.47 Å². The van der Waals surface area contributed by atoms with Crippen LogP contribution in [0.5, 0.6) is 11.5 Å². The van der Waals surface area contributed by atoms with E-state index in [1.807, 2.05) is 39.4 Å². The van der Waals surface area contributed by atoms with E-state index >= 15 is 0 Å². The van der Waals surface area contributed by atoms with Gasteiger partial charge in [0.1, 0.15) is 6.54 Å². The minimum Gasteiger partial charge on any atom is -0.493 e. The number of rotatable bonds is 11. The summed E-state index contributed by atoms with van der Waals surface area (Å²) < 4.78 is 10.7. The molecule has 0 unspecified atom stereocenters. The lowest BCUT2D eigenvalue weighted by Crippen LogP contribution is -2.44. The smallest absolute Gasteiger partial charge is 0.242 e. The summed E-state index contributed by atoms with van der Waals surface area (Å²) in [6.45, 7) is 1.35. The molecule has 2 aliphatic carbocycles. The molecule has 1 heterocycles. The van der Waals surface area contributed by atoms with Gasteiger partial charge in [0.05, 0.1) is 20.8 Å². The Hall–Kier alpha value is -2.54. The van der Waals surface area contributed by atoms with Crippen molar-refractivity contribution < 1.29 is 19.1 Å². The van der Waals surface area contributed by atoms with E-state index in [-0.39, 0.29) is 30.3 Å². The number of hydrogen-bond acceptors (Lipinski definition) is 5. The van der Waals surface area contributed by atoms with Gasteiger partial charge in [-0.05, 0) is 61.2 Å². The molecule has 4 rings (SSSR count). The van der Waals surface area contributed by atoms with Gasteiger partial charge >= 0.3 is 0 Å². The quantitative estimate of drug-likeness (QED) is 0.532. The fourth-order valence-electron chi connectivity index (χ4n) is 3.77. The molecule has 7 heteroatoms. The van der Waals surface area contributed by atoms with Crippen LogP contribution in [0.2, 0.25) is 0 Å². The zero-order chi connectivity index (χ0) is 21.8. The maximum absolute atomic E-state index is 13.3. The Kier molecular flexibility index (Phi) is 6.80. The van der Waals surface area contributed by atoms with Gasteiger partial charge in [-0.15, -0.1) is 11.3 Å². The van der Waals surface area contributed by atoms with Gasteiger partial charge in [0, 0.05) is 23.4 Å². The first-order chi connectivity index (χ1) is 15.1. The number of ether oxygens (including phenoxy) is 2. The molecule has 2 saturated carbocycles. The van der Waals surface area contributed by atoms with Crippen LogP contribution in [0.3, 0.4) is 0 Å². The molecule has 2 aliphatic rings. The van der Waals surface area contributed by atoms with Crippen LogP contribution in [-0.2, 0) is 22.6 Å². The van der Waals surface area contributed by atoms with Gasteiger partial charge in [-0.2, -0.15) is 0 Å². The van der Waals surface area contributed by atoms with Crippen molar-refractivity contribution in [2.24, 2.45) is 5.92 Å². The Labute approximate surface area is 187 Å². The maximum atomic E-state index is 13.3. The van der Waals surface area contributed by atoms with Crippen LogP contribution < -0.4 is 9.47 Å². The lowest BCUT2D eigenvalue weighted by Gasteiger charge is -2.28. The molecule has 0 aliphatic heterocycles. The Bertz CT molecular complexity index is 906. The van der Waals surface area contributed by atoms with Crippen molar-refractivity contribution in [3.63, 3.8) is 0 Å². The molecule has 0 radical (unpaired) electrons. The van der Waals surface area contributed by atoms with Gasteiger partial charge in [-0.25, -0.2) is 0 Å². The summed E-state index contributed by atoms with van der Waals surface area (Å²) >= 11 is 1.65. The summed E-state index contributed by atoms with van der Waals surface area (Å²) in [6, 6.07) is 10.2.